The number of piperidine rings is 1. The summed E-state index contributed by atoms with van der Waals surface area (Å²) >= 11 is 3.30. The highest BCUT2D eigenvalue weighted by Gasteiger charge is 2.40. The normalized spacial score (nSPS) is 22.9. The number of hydrogen-bond donors (Lipinski definition) is 0. The lowest BCUT2D eigenvalue weighted by molar-refractivity contribution is -0.137. The van der Waals surface area contributed by atoms with Crippen molar-refractivity contribution in [3.05, 3.63) is 40.4 Å². The van der Waals surface area contributed by atoms with Gasteiger partial charge in [-0.15, -0.1) is 0 Å². The van der Waals surface area contributed by atoms with Crippen LogP contribution in [0.2, 0.25) is 0 Å². The van der Waals surface area contributed by atoms with E-state index in [1.807, 2.05) is 13.0 Å². The van der Waals surface area contributed by atoms with Gasteiger partial charge in [0.05, 0.1) is 16.1 Å². The quantitative estimate of drug-likeness (QED) is 0.702. The predicted octanol–water partition coefficient (Wildman–Crippen LogP) is 4.07. The summed E-state index contributed by atoms with van der Waals surface area (Å²) in [5, 5.41) is 0. The van der Waals surface area contributed by atoms with Gasteiger partial charge in [-0.1, -0.05) is 0 Å². The Morgan fingerprint density at radius 1 is 1.19 bits per heavy atom. The van der Waals surface area contributed by atoms with E-state index in [1.54, 1.807) is 6.20 Å². The molecule has 9 heteroatoms. The molecule has 2 fully saturated rings. The van der Waals surface area contributed by atoms with Crippen molar-refractivity contribution in [1.82, 2.24) is 15.0 Å². The first-order valence-corrected chi connectivity index (χ1v) is 9.66. The van der Waals surface area contributed by atoms with Crippen LogP contribution in [-0.4, -0.2) is 40.6 Å². The van der Waals surface area contributed by atoms with Gasteiger partial charge in [-0.05, 0) is 53.7 Å². The fourth-order valence-electron chi connectivity index (χ4n) is 4.03. The minimum atomic E-state index is -4.39. The molecule has 0 aliphatic carbocycles. The van der Waals surface area contributed by atoms with Gasteiger partial charge in [-0.25, -0.2) is 15.0 Å². The van der Waals surface area contributed by atoms with Gasteiger partial charge in [0.15, 0.2) is 0 Å². The van der Waals surface area contributed by atoms with E-state index in [2.05, 4.69) is 40.7 Å². The smallest absolute Gasteiger partial charge is 0.354 e. The van der Waals surface area contributed by atoms with E-state index in [9.17, 15) is 13.2 Å². The Kier molecular flexibility index (Phi) is 4.73. The zero-order chi connectivity index (χ0) is 19.2. The topological polar surface area (TPSA) is 45.2 Å². The first-order chi connectivity index (χ1) is 12.8. The molecule has 2 aliphatic rings. The van der Waals surface area contributed by atoms with Crippen LogP contribution in [0.3, 0.4) is 0 Å². The van der Waals surface area contributed by atoms with Crippen molar-refractivity contribution in [2.24, 2.45) is 5.92 Å². The molecule has 2 saturated heterocycles. The lowest BCUT2D eigenvalue weighted by Gasteiger charge is -2.39. The molecule has 144 valence electrons. The van der Waals surface area contributed by atoms with Gasteiger partial charge >= 0.3 is 6.18 Å². The lowest BCUT2D eigenvalue weighted by Crippen LogP contribution is -2.49. The third-order valence-electron chi connectivity index (χ3n) is 5.37. The molecule has 0 bridgehead atoms. The summed E-state index contributed by atoms with van der Waals surface area (Å²) in [4.78, 5) is 17.2. The van der Waals surface area contributed by atoms with Gasteiger partial charge < -0.3 is 9.80 Å². The average molecular weight is 442 g/mol. The van der Waals surface area contributed by atoms with Crippen LogP contribution >= 0.6 is 15.9 Å². The highest BCUT2D eigenvalue weighted by atomic mass is 79.9. The van der Waals surface area contributed by atoms with Crippen LogP contribution in [0.15, 0.2) is 29.0 Å². The Hall–Kier alpha value is -1.90. The Bertz CT molecular complexity index is 844. The molecular formula is C18H19BrF3N5. The van der Waals surface area contributed by atoms with Crippen LogP contribution in [0.4, 0.5) is 24.8 Å². The first-order valence-electron chi connectivity index (χ1n) is 8.87. The Morgan fingerprint density at radius 3 is 2.67 bits per heavy atom. The van der Waals surface area contributed by atoms with E-state index < -0.39 is 11.7 Å². The summed E-state index contributed by atoms with van der Waals surface area (Å²) < 4.78 is 39.2. The van der Waals surface area contributed by atoms with Crippen LogP contribution in [0.5, 0.6) is 0 Å². The molecule has 0 spiro atoms. The van der Waals surface area contributed by atoms with E-state index in [-0.39, 0.29) is 6.04 Å². The molecule has 2 aromatic rings. The van der Waals surface area contributed by atoms with Crippen LogP contribution < -0.4 is 9.80 Å². The van der Waals surface area contributed by atoms with E-state index in [1.165, 1.54) is 0 Å². The van der Waals surface area contributed by atoms with Crippen molar-refractivity contribution in [2.45, 2.75) is 32.0 Å². The fraction of sp³-hybridized carbons (Fsp3) is 0.500. The molecule has 5 nitrogen and oxygen atoms in total. The molecule has 0 amide bonds. The standard InChI is InChI=1S/C18H19BrF3N5/c1-11-23-5-2-16(25-11)26-6-3-12-4-7-27(15(12)10-26)17-14(19)8-13(9-24-17)18(20,21)22/h2,5,8-9,12,15H,3-4,6-7,10H2,1H3. The lowest BCUT2D eigenvalue weighted by atomic mass is 9.92. The molecule has 0 saturated carbocycles. The van der Waals surface area contributed by atoms with Crippen molar-refractivity contribution >= 4 is 27.6 Å². The Balaban J connectivity index is 1.58. The second-order valence-corrected chi connectivity index (χ2v) is 7.89. The van der Waals surface area contributed by atoms with Crippen molar-refractivity contribution < 1.29 is 13.2 Å². The second kappa shape index (κ2) is 6.92. The maximum Gasteiger partial charge on any atom is 0.417 e. The number of aromatic nitrogens is 3. The number of hydrogen-bond acceptors (Lipinski definition) is 5. The molecule has 0 aromatic carbocycles. The summed E-state index contributed by atoms with van der Waals surface area (Å²) in [6.07, 6.45) is 0.332. The number of nitrogens with zero attached hydrogens (tertiary/aromatic N) is 5. The van der Waals surface area contributed by atoms with Crippen LogP contribution in [0.25, 0.3) is 0 Å². The third kappa shape index (κ3) is 3.61. The van der Waals surface area contributed by atoms with Crippen molar-refractivity contribution in [1.29, 1.82) is 0 Å². The van der Waals surface area contributed by atoms with Crippen molar-refractivity contribution in [3.63, 3.8) is 0 Å². The molecule has 2 aromatic heterocycles. The minimum absolute atomic E-state index is 0.203. The Morgan fingerprint density at radius 2 is 1.96 bits per heavy atom. The second-order valence-electron chi connectivity index (χ2n) is 7.03. The number of rotatable bonds is 2. The maximum absolute atomic E-state index is 12.9. The van der Waals surface area contributed by atoms with Gasteiger partial charge in [0.25, 0.3) is 0 Å². The molecule has 2 atom stereocenters. The molecule has 27 heavy (non-hydrogen) atoms. The largest absolute Gasteiger partial charge is 0.417 e. The number of anilines is 2. The molecule has 4 heterocycles. The zero-order valence-corrected chi connectivity index (χ0v) is 16.3. The number of fused-ring (bicyclic) bond motifs is 1. The van der Waals surface area contributed by atoms with Crippen LogP contribution in [-0.2, 0) is 6.18 Å². The molecule has 0 radical (unpaired) electrons. The van der Waals surface area contributed by atoms with E-state index >= 15 is 0 Å². The molecule has 4 rings (SSSR count). The maximum atomic E-state index is 12.9. The van der Waals surface area contributed by atoms with Crippen LogP contribution in [0.1, 0.15) is 24.2 Å². The molecule has 2 aliphatic heterocycles. The van der Waals surface area contributed by atoms with E-state index in [0.29, 0.717) is 16.2 Å². The third-order valence-corrected chi connectivity index (χ3v) is 5.95. The van der Waals surface area contributed by atoms with Gasteiger partial charge in [0.2, 0.25) is 0 Å². The number of pyridine rings is 1. The molecule has 0 N–H and O–H groups in total. The highest BCUT2D eigenvalue weighted by Crippen LogP contribution is 2.39. The number of alkyl halides is 3. The average Bonchev–Trinajstić information content (AvgIpc) is 3.04. The number of halogens is 4. The fourth-order valence-corrected chi connectivity index (χ4v) is 4.61. The first kappa shape index (κ1) is 18.5. The minimum Gasteiger partial charge on any atom is -0.354 e. The van der Waals surface area contributed by atoms with Crippen molar-refractivity contribution in [2.75, 3.05) is 29.4 Å². The summed E-state index contributed by atoms with van der Waals surface area (Å²) in [5.41, 5.74) is -0.740. The predicted molar refractivity (Wildman–Crippen MR) is 99.8 cm³/mol. The van der Waals surface area contributed by atoms with Crippen molar-refractivity contribution in [3.8, 4) is 0 Å². The van der Waals surface area contributed by atoms with Gasteiger partial charge in [0, 0.05) is 32.0 Å². The van der Waals surface area contributed by atoms with Gasteiger partial charge in [-0.3, -0.25) is 0 Å². The molecular weight excluding hydrogens is 423 g/mol. The van der Waals surface area contributed by atoms with Gasteiger partial charge in [0.1, 0.15) is 17.5 Å². The zero-order valence-electron chi connectivity index (χ0n) is 14.7. The highest BCUT2D eigenvalue weighted by molar-refractivity contribution is 9.10. The van der Waals surface area contributed by atoms with Gasteiger partial charge in [-0.2, -0.15) is 13.2 Å². The van der Waals surface area contributed by atoms with E-state index in [0.717, 1.165) is 56.4 Å². The number of aryl methyl sites for hydroxylation is 1. The summed E-state index contributed by atoms with van der Waals surface area (Å²) in [6, 6.07) is 3.22. The SMILES string of the molecule is Cc1nccc(N2CCC3CCN(c4ncc(C(F)(F)F)cc4Br)C3C2)n1. The summed E-state index contributed by atoms with van der Waals surface area (Å²) in [5.74, 6) is 2.72. The summed E-state index contributed by atoms with van der Waals surface area (Å²) in [6.45, 7) is 4.35. The Labute approximate surface area is 163 Å². The summed E-state index contributed by atoms with van der Waals surface area (Å²) in [7, 11) is 0. The monoisotopic (exact) mass is 441 g/mol. The molecule has 2 unspecified atom stereocenters. The van der Waals surface area contributed by atoms with E-state index in [4.69, 9.17) is 0 Å². The van der Waals surface area contributed by atoms with Crippen LogP contribution in [0, 0.1) is 12.8 Å².